The minimum absolute atomic E-state index is 0.0697. The van der Waals surface area contributed by atoms with Gasteiger partial charge in [-0.05, 0) is 54.4 Å². The smallest absolute Gasteiger partial charge is 0.251 e. The first-order chi connectivity index (χ1) is 13.9. The van der Waals surface area contributed by atoms with Crippen LogP contribution >= 0.6 is 0 Å². The second-order valence-electron chi connectivity index (χ2n) is 6.74. The molecule has 0 saturated heterocycles. The minimum Gasteiger partial charge on any atom is -0.497 e. The van der Waals surface area contributed by atoms with Crippen molar-refractivity contribution in [3.05, 3.63) is 54.1 Å². The van der Waals surface area contributed by atoms with Crippen LogP contribution in [-0.4, -0.2) is 45.2 Å². The van der Waals surface area contributed by atoms with Crippen LogP contribution in [-0.2, 0) is 4.79 Å². The molecule has 2 aromatic rings. The highest BCUT2D eigenvalue weighted by Crippen LogP contribution is 2.16. The summed E-state index contributed by atoms with van der Waals surface area (Å²) in [6.07, 6.45) is 0. The second kappa shape index (κ2) is 10.9. The van der Waals surface area contributed by atoms with E-state index in [9.17, 15) is 9.59 Å². The summed E-state index contributed by atoms with van der Waals surface area (Å²) in [4.78, 5) is 25.0. The number of amides is 2. The molecule has 1 atom stereocenters. The van der Waals surface area contributed by atoms with Gasteiger partial charge in [0.2, 0.25) is 5.91 Å². The Hall–Kier alpha value is -3.22. The second-order valence-corrected chi connectivity index (χ2v) is 6.74. The molecule has 7 nitrogen and oxygen atoms in total. The molecule has 0 aromatic heterocycles. The predicted molar refractivity (Wildman–Crippen MR) is 111 cm³/mol. The number of ether oxygens (including phenoxy) is 3. The summed E-state index contributed by atoms with van der Waals surface area (Å²) in [7, 11) is 3.16. The maximum absolute atomic E-state index is 12.5. The number of hydrogen-bond donors (Lipinski definition) is 2. The zero-order chi connectivity index (χ0) is 21.2. The van der Waals surface area contributed by atoms with E-state index in [0.29, 0.717) is 30.2 Å². The van der Waals surface area contributed by atoms with Crippen molar-refractivity contribution in [2.45, 2.75) is 19.9 Å². The van der Waals surface area contributed by atoms with E-state index in [4.69, 9.17) is 14.2 Å². The van der Waals surface area contributed by atoms with Crippen LogP contribution in [0.15, 0.2) is 48.5 Å². The van der Waals surface area contributed by atoms with Crippen LogP contribution in [0.1, 0.15) is 24.2 Å². The van der Waals surface area contributed by atoms with Crippen LogP contribution < -0.4 is 24.8 Å². The van der Waals surface area contributed by atoms with Gasteiger partial charge in [0.15, 0.2) is 0 Å². The van der Waals surface area contributed by atoms with Crippen molar-refractivity contribution in [1.29, 1.82) is 0 Å². The van der Waals surface area contributed by atoms with Gasteiger partial charge in [0.1, 0.15) is 29.9 Å². The molecule has 7 heteroatoms. The third-order valence-electron chi connectivity index (χ3n) is 4.32. The summed E-state index contributed by atoms with van der Waals surface area (Å²) < 4.78 is 15.8. The Balaban J connectivity index is 1.83. The molecule has 0 heterocycles. The average molecular weight is 400 g/mol. The lowest BCUT2D eigenvalue weighted by atomic mass is 10.0. The SMILES string of the molecule is COc1ccc(OCCNC(=O)[C@@H](NC(=O)c2ccc(OC)cc2)C(C)C)cc1. The summed E-state index contributed by atoms with van der Waals surface area (Å²) in [6, 6.07) is 13.3. The van der Waals surface area contributed by atoms with Gasteiger partial charge >= 0.3 is 0 Å². The van der Waals surface area contributed by atoms with E-state index in [0.717, 1.165) is 5.75 Å². The maximum atomic E-state index is 12.5. The first-order valence-corrected chi connectivity index (χ1v) is 9.44. The molecule has 156 valence electrons. The molecular formula is C22H28N2O5. The Morgan fingerprint density at radius 2 is 1.38 bits per heavy atom. The topological polar surface area (TPSA) is 85.9 Å². The molecule has 2 aromatic carbocycles. The molecule has 0 radical (unpaired) electrons. The van der Waals surface area contributed by atoms with Gasteiger partial charge in [0.25, 0.3) is 5.91 Å². The quantitative estimate of drug-likeness (QED) is 0.599. The van der Waals surface area contributed by atoms with Crippen molar-refractivity contribution in [3.63, 3.8) is 0 Å². The Bertz CT molecular complexity index is 788. The van der Waals surface area contributed by atoms with Gasteiger partial charge in [0.05, 0.1) is 20.8 Å². The van der Waals surface area contributed by atoms with Crippen molar-refractivity contribution in [2.24, 2.45) is 5.92 Å². The molecule has 0 spiro atoms. The number of rotatable bonds is 10. The van der Waals surface area contributed by atoms with Gasteiger partial charge in [-0.15, -0.1) is 0 Å². The van der Waals surface area contributed by atoms with Gasteiger partial charge in [-0.1, -0.05) is 13.8 Å². The van der Waals surface area contributed by atoms with Gasteiger partial charge in [-0.25, -0.2) is 0 Å². The highest BCUT2D eigenvalue weighted by atomic mass is 16.5. The fourth-order valence-electron chi connectivity index (χ4n) is 2.63. The van der Waals surface area contributed by atoms with Crippen LogP contribution in [0.3, 0.4) is 0 Å². The standard InChI is InChI=1S/C22H28N2O5/c1-15(2)20(24-21(25)16-5-7-17(27-3)8-6-16)22(26)23-13-14-29-19-11-9-18(28-4)10-12-19/h5-12,15,20H,13-14H2,1-4H3,(H,23,26)(H,24,25)/t20-/m0/s1. The summed E-state index contributed by atoms with van der Waals surface area (Å²) >= 11 is 0. The largest absolute Gasteiger partial charge is 0.497 e. The van der Waals surface area contributed by atoms with Crippen LogP contribution in [0.4, 0.5) is 0 Å². The zero-order valence-electron chi connectivity index (χ0n) is 17.2. The third kappa shape index (κ3) is 6.71. The molecular weight excluding hydrogens is 372 g/mol. The fraction of sp³-hybridized carbons (Fsp3) is 0.364. The van der Waals surface area contributed by atoms with E-state index in [1.807, 2.05) is 13.8 Å². The Labute approximate surface area is 171 Å². The van der Waals surface area contributed by atoms with Crippen LogP contribution in [0.2, 0.25) is 0 Å². The molecule has 2 rings (SSSR count). The number of nitrogens with one attached hydrogen (secondary N) is 2. The molecule has 2 amide bonds. The number of hydrogen-bond acceptors (Lipinski definition) is 5. The Morgan fingerprint density at radius 3 is 1.90 bits per heavy atom. The monoisotopic (exact) mass is 400 g/mol. The van der Waals surface area contributed by atoms with Crippen molar-refractivity contribution in [2.75, 3.05) is 27.4 Å². The predicted octanol–water partition coefficient (Wildman–Crippen LogP) is 2.65. The van der Waals surface area contributed by atoms with E-state index >= 15 is 0 Å². The highest BCUT2D eigenvalue weighted by Gasteiger charge is 2.24. The maximum Gasteiger partial charge on any atom is 0.251 e. The van der Waals surface area contributed by atoms with Gasteiger partial charge in [0, 0.05) is 5.56 Å². The first kappa shape index (κ1) is 22.1. The number of benzene rings is 2. The minimum atomic E-state index is -0.648. The van der Waals surface area contributed by atoms with Crippen molar-refractivity contribution in [3.8, 4) is 17.2 Å². The van der Waals surface area contributed by atoms with Crippen molar-refractivity contribution >= 4 is 11.8 Å². The summed E-state index contributed by atoms with van der Waals surface area (Å²) in [5.41, 5.74) is 0.465. The Kier molecular flexibility index (Phi) is 8.33. The fourth-order valence-corrected chi connectivity index (χ4v) is 2.63. The third-order valence-corrected chi connectivity index (χ3v) is 4.32. The van der Waals surface area contributed by atoms with Crippen LogP contribution in [0.25, 0.3) is 0 Å². The molecule has 29 heavy (non-hydrogen) atoms. The van der Waals surface area contributed by atoms with E-state index in [1.165, 1.54) is 0 Å². The molecule has 0 bridgehead atoms. The Morgan fingerprint density at radius 1 is 0.862 bits per heavy atom. The normalized spacial score (nSPS) is 11.5. The highest BCUT2D eigenvalue weighted by molar-refractivity contribution is 5.97. The molecule has 0 fully saturated rings. The molecule has 0 unspecified atom stereocenters. The molecule has 2 N–H and O–H groups in total. The number of carbonyl (C=O) groups is 2. The molecule has 0 saturated carbocycles. The van der Waals surface area contributed by atoms with E-state index in [2.05, 4.69) is 10.6 Å². The van der Waals surface area contributed by atoms with Gasteiger partial charge in [-0.2, -0.15) is 0 Å². The molecule has 0 aliphatic heterocycles. The van der Waals surface area contributed by atoms with E-state index in [1.54, 1.807) is 62.8 Å². The average Bonchev–Trinajstić information content (AvgIpc) is 2.75. The number of methoxy groups -OCH3 is 2. The lowest BCUT2D eigenvalue weighted by molar-refractivity contribution is -0.124. The van der Waals surface area contributed by atoms with Gasteiger partial charge in [-0.3, -0.25) is 9.59 Å². The first-order valence-electron chi connectivity index (χ1n) is 9.44. The molecule has 0 aliphatic rings. The molecule has 0 aliphatic carbocycles. The summed E-state index contributed by atoms with van der Waals surface area (Å²) in [5.74, 6) is 1.47. The van der Waals surface area contributed by atoms with Crippen LogP contribution in [0.5, 0.6) is 17.2 Å². The van der Waals surface area contributed by atoms with E-state index in [-0.39, 0.29) is 17.7 Å². The van der Waals surface area contributed by atoms with Gasteiger partial charge < -0.3 is 24.8 Å². The summed E-state index contributed by atoms with van der Waals surface area (Å²) in [5, 5.41) is 5.60. The van der Waals surface area contributed by atoms with Crippen LogP contribution in [0, 0.1) is 5.92 Å². The van der Waals surface area contributed by atoms with Crippen molar-refractivity contribution in [1.82, 2.24) is 10.6 Å². The van der Waals surface area contributed by atoms with E-state index < -0.39 is 6.04 Å². The zero-order valence-corrected chi connectivity index (χ0v) is 17.2. The lowest BCUT2D eigenvalue weighted by Crippen LogP contribution is -2.50. The summed E-state index contributed by atoms with van der Waals surface area (Å²) in [6.45, 7) is 4.40. The van der Waals surface area contributed by atoms with Crippen molar-refractivity contribution < 1.29 is 23.8 Å². The number of carbonyl (C=O) groups excluding carboxylic acids is 2. The lowest BCUT2D eigenvalue weighted by Gasteiger charge is -2.22.